The molecule has 3 rings (SSSR count). The van der Waals surface area contributed by atoms with Crippen molar-refractivity contribution in [2.24, 2.45) is 4.99 Å². The number of rotatable bonds is 9. The Bertz CT molecular complexity index is 988. The number of nitrogens with zero attached hydrogens (tertiary/aromatic N) is 4. The van der Waals surface area contributed by atoms with Gasteiger partial charge in [-0.25, -0.2) is 15.0 Å². The number of aryl methyl sites for hydroxylation is 1. The van der Waals surface area contributed by atoms with E-state index < -0.39 is 0 Å². The Labute approximate surface area is 187 Å². The van der Waals surface area contributed by atoms with Gasteiger partial charge in [-0.1, -0.05) is 18.2 Å². The summed E-state index contributed by atoms with van der Waals surface area (Å²) in [6.45, 7) is 8.62. The third-order valence-corrected chi connectivity index (χ3v) is 5.16. The van der Waals surface area contributed by atoms with E-state index in [2.05, 4.69) is 32.5 Å². The number of hydrogen-bond donors (Lipinski definition) is 1. The van der Waals surface area contributed by atoms with Crippen molar-refractivity contribution in [2.75, 3.05) is 20.2 Å². The molecule has 0 saturated heterocycles. The average molecular weight is 440 g/mol. The van der Waals surface area contributed by atoms with Crippen LogP contribution in [0.25, 0.3) is 0 Å². The van der Waals surface area contributed by atoms with Crippen molar-refractivity contribution in [3.05, 3.63) is 64.2 Å². The highest BCUT2D eigenvalue weighted by atomic mass is 32.1. The van der Waals surface area contributed by atoms with Crippen LogP contribution in [0.15, 0.2) is 53.0 Å². The van der Waals surface area contributed by atoms with Crippen molar-refractivity contribution in [3.63, 3.8) is 0 Å². The van der Waals surface area contributed by atoms with E-state index >= 15 is 0 Å². The van der Waals surface area contributed by atoms with Gasteiger partial charge in [-0.2, -0.15) is 0 Å². The molecule has 2 heterocycles. The Kier molecular flexibility index (Phi) is 8.23. The summed E-state index contributed by atoms with van der Waals surface area (Å²) >= 11 is 1.66. The molecule has 0 amide bonds. The van der Waals surface area contributed by atoms with E-state index in [9.17, 15) is 0 Å². The van der Waals surface area contributed by atoms with E-state index in [-0.39, 0.29) is 0 Å². The second-order valence-corrected chi connectivity index (χ2v) is 7.93. The van der Waals surface area contributed by atoms with E-state index in [0.29, 0.717) is 37.1 Å². The predicted octanol–water partition coefficient (Wildman–Crippen LogP) is 4.64. The van der Waals surface area contributed by atoms with Crippen LogP contribution in [0.5, 0.6) is 17.4 Å². The number of aromatic nitrogens is 2. The minimum absolute atomic E-state index is 0.516. The standard InChI is InChI=1S/C23H29N5O2S/c1-5-24-23(28(4)15-19-16-31-17(3)27-19)26-14-18-11-12-22(25-13-18)30-21-10-8-7-9-20(21)29-6-2/h7-13,16H,5-6,14-15H2,1-4H3,(H,24,26). The molecule has 0 aliphatic rings. The van der Waals surface area contributed by atoms with Gasteiger partial charge in [0.1, 0.15) is 0 Å². The Hall–Kier alpha value is -3.13. The molecule has 0 fully saturated rings. The fraction of sp³-hybridized carbons (Fsp3) is 0.348. The Balaban J connectivity index is 1.64. The lowest BCUT2D eigenvalue weighted by Gasteiger charge is -2.21. The van der Waals surface area contributed by atoms with Crippen molar-refractivity contribution >= 4 is 17.3 Å². The van der Waals surface area contributed by atoms with Crippen LogP contribution in [0.1, 0.15) is 30.1 Å². The van der Waals surface area contributed by atoms with Crippen LogP contribution in [0.3, 0.4) is 0 Å². The Morgan fingerprint density at radius 3 is 2.61 bits per heavy atom. The maximum Gasteiger partial charge on any atom is 0.219 e. The van der Waals surface area contributed by atoms with Gasteiger partial charge in [0.2, 0.25) is 5.88 Å². The van der Waals surface area contributed by atoms with Gasteiger partial charge in [0.15, 0.2) is 17.5 Å². The summed E-state index contributed by atoms with van der Waals surface area (Å²) in [5, 5.41) is 6.49. The van der Waals surface area contributed by atoms with Gasteiger partial charge < -0.3 is 19.7 Å². The minimum atomic E-state index is 0.516. The lowest BCUT2D eigenvalue weighted by Crippen LogP contribution is -2.38. The molecule has 0 aliphatic carbocycles. The number of nitrogens with one attached hydrogen (secondary N) is 1. The van der Waals surface area contributed by atoms with Crippen LogP contribution in [-0.2, 0) is 13.1 Å². The molecule has 3 aromatic rings. The largest absolute Gasteiger partial charge is 0.490 e. The molecule has 7 nitrogen and oxygen atoms in total. The maximum atomic E-state index is 5.89. The van der Waals surface area contributed by atoms with Crippen LogP contribution < -0.4 is 14.8 Å². The predicted molar refractivity (Wildman–Crippen MR) is 125 cm³/mol. The minimum Gasteiger partial charge on any atom is -0.490 e. The highest BCUT2D eigenvalue weighted by Gasteiger charge is 2.09. The van der Waals surface area contributed by atoms with Gasteiger partial charge in [0, 0.05) is 31.2 Å². The smallest absolute Gasteiger partial charge is 0.219 e. The number of pyridine rings is 1. The fourth-order valence-electron chi connectivity index (χ4n) is 2.92. The van der Waals surface area contributed by atoms with Gasteiger partial charge in [-0.05, 0) is 38.5 Å². The number of benzene rings is 1. The third kappa shape index (κ3) is 6.68. The van der Waals surface area contributed by atoms with E-state index in [1.165, 1.54) is 0 Å². The summed E-state index contributed by atoms with van der Waals surface area (Å²) in [6.07, 6.45) is 1.79. The van der Waals surface area contributed by atoms with Crippen molar-refractivity contribution in [2.45, 2.75) is 33.9 Å². The number of hydrogen-bond acceptors (Lipinski definition) is 6. The maximum absolute atomic E-state index is 5.89. The molecule has 0 atom stereocenters. The molecule has 2 aromatic heterocycles. The molecule has 1 aromatic carbocycles. The first-order valence-corrected chi connectivity index (χ1v) is 11.2. The Morgan fingerprint density at radius 2 is 1.97 bits per heavy atom. The van der Waals surface area contributed by atoms with E-state index in [1.54, 1.807) is 17.5 Å². The molecule has 31 heavy (non-hydrogen) atoms. The monoisotopic (exact) mass is 439 g/mol. The number of aliphatic imine (C=N–C) groups is 1. The van der Waals surface area contributed by atoms with E-state index in [1.807, 2.05) is 57.3 Å². The Morgan fingerprint density at radius 1 is 1.16 bits per heavy atom. The lowest BCUT2D eigenvalue weighted by molar-refractivity contribution is 0.319. The zero-order chi connectivity index (χ0) is 22.1. The van der Waals surface area contributed by atoms with Gasteiger partial charge in [-0.3, -0.25) is 0 Å². The second kappa shape index (κ2) is 11.3. The summed E-state index contributed by atoms with van der Waals surface area (Å²) < 4.78 is 11.5. The first-order chi connectivity index (χ1) is 15.1. The summed E-state index contributed by atoms with van der Waals surface area (Å²) in [6, 6.07) is 11.4. The summed E-state index contributed by atoms with van der Waals surface area (Å²) in [4.78, 5) is 15.8. The normalized spacial score (nSPS) is 11.3. The van der Waals surface area contributed by atoms with Crippen LogP contribution in [0.4, 0.5) is 0 Å². The van der Waals surface area contributed by atoms with Crippen molar-refractivity contribution in [1.29, 1.82) is 0 Å². The van der Waals surface area contributed by atoms with Crippen LogP contribution >= 0.6 is 11.3 Å². The number of ether oxygens (including phenoxy) is 2. The molecule has 8 heteroatoms. The van der Waals surface area contributed by atoms with Gasteiger partial charge in [-0.15, -0.1) is 11.3 Å². The van der Waals surface area contributed by atoms with E-state index in [0.717, 1.165) is 28.8 Å². The molecule has 0 bridgehead atoms. The second-order valence-electron chi connectivity index (χ2n) is 6.87. The molecule has 0 spiro atoms. The first kappa shape index (κ1) is 22.6. The fourth-order valence-corrected chi connectivity index (χ4v) is 3.53. The zero-order valence-electron chi connectivity index (χ0n) is 18.5. The van der Waals surface area contributed by atoms with Gasteiger partial charge >= 0.3 is 0 Å². The molecule has 0 radical (unpaired) electrons. The topological polar surface area (TPSA) is 71.9 Å². The van der Waals surface area contributed by atoms with Crippen LogP contribution in [0.2, 0.25) is 0 Å². The summed E-state index contributed by atoms with van der Waals surface area (Å²) in [5.41, 5.74) is 2.05. The summed E-state index contributed by atoms with van der Waals surface area (Å²) in [7, 11) is 2.02. The molecule has 0 aliphatic heterocycles. The highest BCUT2D eigenvalue weighted by Crippen LogP contribution is 2.30. The molecular weight excluding hydrogens is 410 g/mol. The summed E-state index contributed by atoms with van der Waals surface area (Å²) in [5.74, 6) is 2.70. The number of guanidine groups is 1. The van der Waals surface area contributed by atoms with Crippen molar-refractivity contribution < 1.29 is 9.47 Å². The van der Waals surface area contributed by atoms with Crippen molar-refractivity contribution in [1.82, 2.24) is 20.2 Å². The first-order valence-electron chi connectivity index (χ1n) is 10.3. The van der Waals surface area contributed by atoms with Crippen LogP contribution in [-0.4, -0.2) is 41.0 Å². The van der Waals surface area contributed by atoms with Gasteiger partial charge in [0.05, 0.1) is 30.4 Å². The number of thiazole rings is 1. The van der Waals surface area contributed by atoms with Gasteiger partial charge in [0.25, 0.3) is 0 Å². The molecular formula is C23H29N5O2S. The zero-order valence-corrected chi connectivity index (χ0v) is 19.3. The molecule has 1 N–H and O–H groups in total. The third-order valence-electron chi connectivity index (χ3n) is 4.33. The van der Waals surface area contributed by atoms with E-state index in [4.69, 9.17) is 14.5 Å². The quantitative estimate of drug-likeness (QED) is 0.387. The lowest BCUT2D eigenvalue weighted by atomic mass is 10.3. The molecule has 164 valence electrons. The highest BCUT2D eigenvalue weighted by molar-refractivity contribution is 7.09. The number of para-hydroxylation sites is 2. The molecule has 0 unspecified atom stereocenters. The van der Waals surface area contributed by atoms with Crippen molar-refractivity contribution in [3.8, 4) is 17.4 Å². The average Bonchev–Trinajstić information content (AvgIpc) is 3.18. The molecule has 0 saturated carbocycles. The SMILES string of the molecule is CCNC(=NCc1ccc(Oc2ccccc2OCC)nc1)N(C)Cc1csc(C)n1. The van der Waals surface area contributed by atoms with Crippen LogP contribution in [0, 0.1) is 6.92 Å².